The molecule has 0 radical (unpaired) electrons. The Bertz CT molecular complexity index is 788. The molecule has 2 aromatic heterocycles. The smallest absolute Gasteiger partial charge is 0.171 e. The Labute approximate surface area is 126 Å². The zero-order valence-electron chi connectivity index (χ0n) is 9.75. The van der Waals surface area contributed by atoms with E-state index in [0.717, 1.165) is 10.4 Å². The average molecular weight is 358 g/mol. The summed E-state index contributed by atoms with van der Waals surface area (Å²) in [5.41, 5.74) is 1.58. The molecule has 0 saturated heterocycles. The highest BCUT2D eigenvalue weighted by atomic mass is 79.9. The van der Waals surface area contributed by atoms with Crippen molar-refractivity contribution in [2.45, 2.75) is 6.92 Å². The van der Waals surface area contributed by atoms with E-state index in [1.165, 1.54) is 6.07 Å². The van der Waals surface area contributed by atoms with Crippen LogP contribution in [0.5, 0.6) is 0 Å². The third kappa shape index (κ3) is 2.26. The first-order chi connectivity index (χ1) is 9.06. The minimum Gasteiger partial charge on any atom is -0.227 e. The number of nitrogens with zero attached hydrogens (tertiary/aromatic N) is 2. The van der Waals surface area contributed by atoms with Crippen LogP contribution in [0.4, 0.5) is 4.39 Å². The Balaban J connectivity index is 2.30. The summed E-state index contributed by atoms with van der Waals surface area (Å²) in [5.74, 6) is 0.169. The van der Waals surface area contributed by atoms with Crippen molar-refractivity contribution in [3.8, 4) is 10.7 Å². The molecule has 0 N–H and O–H groups in total. The molecular weight excluding hydrogens is 351 g/mol. The van der Waals surface area contributed by atoms with Crippen molar-refractivity contribution < 1.29 is 4.39 Å². The molecule has 3 rings (SSSR count). The highest BCUT2D eigenvalue weighted by Crippen LogP contribution is 2.32. The first-order valence-electron chi connectivity index (χ1n) is 5.43. The van der Waals surface area contributed by atoms with Gasteiger partial charge in [-0.15, -0.1) is 11.3 Å². The number of benzene rings is 1. The summed E-state index contributed by atoms with van der Waals surface area (Å²) >= 11 is 10.8. The van der Waals surface area contributed by atoms with E-state index in [4.69, 9.17) is 11.6 Å². The fourth-order valence-corrected chi connectivity index (χ4v) is 3.22. The largest absolute Gasteiger partial charge is 0.227 e. The molecule has 19 heavy (non-hydrogen) atoms. The minimum atomic E-state index is -0.365. The second-order valence-corrected chi connectivity index (χ2v) is 6.18. The molecule has 3 aromatic rings. The third-order valence-electron chi connectivity index (χ3n) is 2.76. The number of hydrogen-bond donors (Lipinski definition) is 0. The van der Waals surface area contributed by atoms with Gasteiger partial charge >= 0.3 is 0 Å². The maximum Gasteiger partial charge on any atom is 0.171 e. The van der Waals surface area contributed by atoms with Crippen molar-refractivity contribution in [3.05, 3.63) is 44.6 Å². The highest BCUT2D eigenvalue weighted by molar-refractivity contribution is 9.10. The fraction of sp³-hybridized carbons (Fsp3) is 0.0769. The number of thiophene rings is 1. The molecule has 6 heteroatoms. The van der Waals surface area contributed by atoms with E-state index in [2.05, 4.69) is 25.9 Å². The second-order valence-electron chi connectivity index (χ2n) is 4.05. The molecule has 0 saturated carbocycles. The maximum absolute atomic E-state index is 13.6. The van der Waals surface area contributed by atoms with Gasteiger partial charge in [0.2, 0.25) is 0 Å². The van der Waals surface area contributed by atoms with E-state index in [1.807, 2.05) is 18.4 Å². The summed E-state index contributed by atoms with van der Waals surface area (Å²) < 4.78 is 13.9. The molecule has 96 valence electrons. The summed E-state index contributed by atoms with van der Waals surface area (Å²) in [7, 11) is 0. The van der Waals surface area contributed by atoms with Crippen LogP contribution in [0.1, 0.15) is 5.56 Å². The summed E-state index contributed by atoms with van der Waals surface area (Å²) in [6, 6.07) is 4.95. The van der Waals surface area contributed by atoms with E-state index < -0.39 is 0 Å². The van der Waals surface area contributed by atoms with Gasteiger partial charge in [0.25, 0.3) is 0 Å². The van der Waals surface area contributed by atoms with Crippen molar-refractivity contribution in [1.82, 2.24) is 9.97 Å². The molecular formula is C13H7BrClFN2S. The average Bonchev–Trinajstić information content (AvgIpc) is 2.78. The topological polar surface area (TPSA) is 25.8 Å². The molecule has 0 amide bonds. The molecule has 0 unspecified atom stereocenters. The van der Waals surface area contributed by atoms with E-state index in [1.54, 1.807) is 17.4 Å². The SMILES string of the molecule is Cc1ccsc1-c1nc(Cl)c2cc(Br)c(F)cc2n1. The van der Waals surface area contributed by atoms with Gasteiger partial charge in [0.1, 0.15) is 11.0 Å². The fourth-order valence-electron chi connectivity index (χ4n) is 1.79. The number of hydrogen-bond acceptors (Lipinski definition) is 3. The Morgan fingerprint density at radius 1 is 1.32 bits per heavy atom. The second kappa shape index (κ2) is 4.81. The standard InChI is InChI=1S/C13H7BrClFN2S/c1-6-2-3-19-11(6)13-17-10-5-9(16)8(14)4-7(10)12(15)18-13/h2-5H,1H3. The minimum absolute atomic E-state index is 0.327. The first kappa shape index (κ1) is 13.0. The van der Waals surface area contributed by atoms with Crippen LogP contribution < -0.4 is 0 Å². The molecule has 0 aliphatic rings. The molecule has 0 aliphatic carbocycles. The van der Waals surface area contributed by atoms with Crippen LogP contribution in [-0.2, 0) is 0 Å². The van der Waals surface area contributed by atoms with Crippen molar-refractivity contribution in [3.63, 3.8) is 0 Å². The van der Waals surface area contributed by atoms with Crippen molar-refractivity contribution >= 4 is 49.8 Å². The zero-order chi connectivity index (χ0) is 13.6. The molecule has 1 aromatic carbocycles. The number of aromatic nitrogens is 2. The van der Waals surface area contributed by atoms with Crippen LogP contribution in [-0.4, -0.2) is 9.97 Å². The van der Waals surface area contributed by atoms with E-state index in [0.29, 0.717) is 26.4 Å². The van der Waals surface area contributed by atoms with E-state index in [-0.39, 0.29) is 5.82 Å². The van der Waals surface area contributed by atoms with Gasteiger partial charge in [0, 0.05) is 11.5 Å². The maximum atomic E-state index is 13.6. The van der Waals surface area contributed by atoms with Gasteiger partial charge in [0.15, 0.2) is 5.82 Å². The number of halogens is 3. The van der Waals surface area contributed by atoms with Crippen LogP contribution in [0.3, 0.4) is 0 Å². The lowest BCUT2D eigenvalue weighted by Gasteiger charge is -2.05. The van der Waals surface area contributed by atoms with Gasteiger partial charge in [0.05, 0.1) is 14.9 Å². The Hall–Kier alpha value is -1.04. The zero-order valence-corrected chi connectivity index (χ0v) is 12.9. The van der Waals surface area contributed by atoms with Crippen LogP contribution in [0, 0.1) is 12.7 Å². The molecule has 0 atom stereocenters. The van der Waals surface area contributed by atoms with Crippen LogP contribution in [0.25, 0.3) is 21.6 Å². The molecule has 0 spiro atoms. The summed E-state index contributed by atoms with van der Waals surface area (Å²) in [5, 5.41) is 2.93. The predicted molar refractivity (Wildman–Crippen MR) is 80.3 cm³/mol. The molecule has 2 heterocycles. The van der Waals surface area contributed by atoms with Gasteiger partial charge < -0.3 is 0 Å². The number of aryl methyl sites for hydroxylation is 1. The lowest BCUT2D eigenvalue weighted by molar-refractivity contribution is 0.623. The lowest BCUT2D eigenvalue weighted by atomic mass is 10.2. The van der Waals surface area contributed by atoms with Crippen molar-refractivity contribution in [2.75, 3.05) is 0 Å². The quantitative estimate of drug-likeness (QED) is 0.558. The van der Waals surface area contributed by atoms with Crippen molar-refractivity contribution in [1.29, 1.82) is 0 Å². The van der Waals surface area contributed by atoms with Gasteiger partial charge in [-0.2, -0.15) is 0 Å². The lowest BCUT2D eigenvalue weighted by Crippen LogP contribution is -1.92. The molecule has 0 aliphatic heterocycles. The number of fused-ring (bicyclic) bond motifs is 1. The summed E-state index contributed by atoms with van der Waals surface area (Å²) in [6.07, 6.45) is 0. The third-order valence-corrected chi connectivity index (χ3v) is 4.66. The van der Waals surface area contributed by atoms with Crippen LogP contribution in [0.2, 0.25) is 5.15 Å². The van der Waals surface area contributed by atoms with Gasteiger partial charge in [-0.25, -0.2) is 14.4 Å². The Morgan fingerprint density at radius 3 is 2.79 bits per heavy atom. The van der Waals surface area contributed by atoms with Crippen molar-refractivity contribution in [2.24, 2.45) is 0 Å². The Kier molecular flexibility index (Phi) is 3.28. The number of rotatable bonds is 1. The Morgan fingerprint density at radius 2 is 2.11 bits per heavy atom. The summed E-state index contributed by atoms with van der Waals surface area (Å²) in [4.78, 5) is 9.64. The summed E-state index contributed by atoms with van der Waals surface area (Å²) in [6.45, 7) is 1.98. The van der Waals surface area contributed by atoms with Gasteiger partial charge in [-0.1, -0.05) is 11.6 Å². The van der Waals surface area contributed by atoms with Crippen LogP contribution in [0.15, 0.2) is 28.1 Å². The van der Waals surface area contributed by atoms with Gasteiger partial charge in [-0.3, -0.25) is 0 Å². The van der Waals surface area contributed by atoms with Crippen LogP contribution >= 0.6 is 38.9 Å². The monoisotopic (exact) mass is 356 g/mol. The van der Waals surface area contributed by atoms with Gasteiger partial charge in [-0.05, 0) is 45.9 Å². The normalized spacial score (nSPS) is 11.2. The molecule has 2 nitrogen and oxygen atoms in total. The molecule has 0 fully saturated rings. The predicted octanol–water partition coefficient (Wildman–Crippen LogP) is 5.22. The van der Waals surface area contributed by atoms with E-state index in [9.17, 15) is 4.39 Å². The highest BCUT2D eigenvalue weighted by Gasteiger charge is 2.13. The van der Waals surface area contributed by atoms with E-state index >= 15 is 0 Å². The molecule has 0 bridgehead atoms. The first-order valence-corrected chi connectivity index (χ1v) is 7.48.